The second-order valence-corrected chi connectivity index (χ2v) is 7.67. The van der Waals surface area contributed by atoms with Gasteiger partial charge in [0.1, 0.15) is 6.04 Å². The van der Waals surface area contributed by atoms with Gasteiger partial charge in [-0.25, -0.2) is 9.97 Å². The van der Waals surface area contributed by atoms with E-state index in [0.29, 0.717) is 12.0 Å². The highest BCUT2D eigenvalue weighted by atomic mass is 16.2. The number of anilines is 4. The third-order valence-corrected chi connectivity index (χ3v) is 5.64. The van der Waals surface area contributed by atoms with E-state index in [1.165, 1.54) is 0 Å². The van der Waals surface area contributed by atoms with Crippen molar-refractivity contribution < 1.29 is 4.79 Å². The van der Waals surface area contributed by atoms with Crippen molar-refractivity contribution in [2.24, 2.45) is 0 Å². The van der Waals surface area contributed by atoms with Gasteiger partial charge in [-0.2, -0.15) is 0 Å². The minimum Gasteiger partial charge on any atom is -0.355 e. The first-order valence-corrected chi connectivity index (χ1v) is 9.97. The second-order valence-electron chi connectivity index (χ2n) is 7.67. The highest BCUT2D eigenvalue weighted by Crippen LogP contribution is 2.43. The Hall–Kier alpha value is -3.41. The number of hydrogen-bond acceptors (Lipinski definition) is 5. The predicted octanol–water partition coefficient (Wildman–Crippen LogP) is 4.22. The number of fused-ring (bicyclic) bond motifs is 1. The van der Waals surface area contributed by atoms with Crippen molar-refractivity contribution in [3.8, 4) is 11.3 Å². The van der Waals surface area contributed by atoms with E-state index in [1.54, 1.807) is 11.1 Å². The summed E-state index contributed by atoms with van der Waals surface area (Å²) in [4.78, 5) is 25.7. The number of likely N-dealkylation sites (N-methyl/N-ethyl adjacent to an activating group) is 1. The average molecular weight is 385 g/mol. The van der Waals surface area contributed by atoms with Crippen molar-refractivity contribution in [2.75, 3.05) is 22.2 Å². The van der Waals surface area contributed by atoms with Gasteiger partial charge in [0.25, 0.3) is 0 Å². The zero-order valence-corrected chi connectivity index (χ0v) is 16.5. The largest absolute Gasteiger partial charge is 0.355 e. The van der Waals surface area contributed by atoms with Crippen LogP contribution in [0.25, 0.3) is 11.3 Å². The van der Waals surface area contributed by atoms with E-state index < -0.39 is 0 Å². The summed E-state index contributed by atoms with van der Waals surface area (Å²) in [6.07, 6.45) is 4.04. The van der Waals surface area contributed by atoms with Gasteiger partial charge in [0.15, 0.2) is 0 Å². The molecule has 2 heterocycles. The molecule has 1 unspecified atom stereocenters. The van der Waals surface area contributed by atoms with Crippen molar-refractivity contribution >= 4 is 28.9 Å². The molecular formula is C23H23N5O. The van der Waals surface area contributed by atoms with Crippen molar-refractivity contribution in [1.29, 1.82) is 0 Å². The topological polar surface area (TPSA) is 61.4 Å². The van der Waals surface area contributed by atoms with E-state index in [4.69, 9.17) is 0 Å². The number of carbonyl (C=O) groups is 1. The van der Waals surface area contributed by atoms with Crippen LogP contribution in [0.2, 0.25) is 0 Å². The van der Waals surface area contributed by atoms with Gasteiger partial charge < -0.3 is 15.1 Å². The van der Waals surface area contributed by atoms with Crippen molar-refractivity contribution in [3.05, 3.63) is 60.8 Å². The lowest BCUT2D eigenvalue weighted by atomic mass is 10.1. The number of nitrogens with zero attached hydrogens (tertiary/aromatic N) is 4. The minimum atomic E-state index is -0.145. The summed E-state index contributed by atoms with van der Waals surface area (Å²) >= 11 is 0. The Labute approximate surface area is 170 Å². The van der Waals surface area contributed by atoms with Crippen LogP contribution in [0.15, 0.2) is 60.8 Å². The molecule has 1 saturated carbocycles. The summed E-state index contributed by atoms with van der Waals surface area (Å²) in [5.74, 6) is 0.696. The monoisotopic (exact) mass is 385 g/mol. The van der Waals surface area contributed by atoms with Crippen LogP contribution in [-0.4, -0.2) is 35.0 Å². The highest BCUT2D eigenvalue weighted by molar-refractivity contribution is 6.05. The molecule has 1 fully saturated rings. The molecule has 1 aromatic heterocycles. The van der Waals surface area contributed by atoms with Gasteiger partial charge >= 0.3 is 0 Å². The Balaban J connectivity index is 1.47. The molecule has 1 N–H and O–H groups in total. The molecule has 0 radical (unpaired) electrons. The van der Waals surface area contributed by atoms with Gasteiger partial charge in [-0.05, 0) is 44.0 Å². The van der Waals surface area contributed by atoms with Gasteiger partial charge in [-0.15, -0.1) is 0 Å². The Bertz CT molecular complexity index is 1060. The lowest BCUT2D eigenvalue weighted by molar-refractivity contribution is -0.119. The fourth-order valence-electron chi connectivity index (χ4n) is 4.00. The number of carbonyl (C=O) groups excluding carboxylic acids is 1. The summed E-state index contributed by atoms with van der Waals surface area (Å²) in [5, 5.41) is 3.33. The molecule has 29 heavy (non-hydrogen) atoms. The molecule has 2 aliphatic rings. The molecule has 1 atom stereocenters. The quantitative estimate of drug-likeness (QED) is 0.729. The molecule has 0 spiro atoms. The third kappa shape index (κ3) is 3.20. The molecule has 2 aromatic carbocycles. The van der Waals surface area contributed by atoms with E-state index in [1.807, 2.05) is 62.5 Å². The molecule has 146 valence electrons. The van der Waals surface area contributed by atoms with Gasteiger partial charge in [0.05, 0.1) is 17.1 Å². The Kier molecular flexibility index (Phi) is 4.19. The number of nitrogens with one attached hydrogen (secondary N) is 1. The maximum absolute atomic E-state index is 12.6. The van der Waals surface area contributed by atoms with Gasteiger partial charge in [-0.3, -0.25) is 4.79 Å². The Morgan fingerprint density at radius 2 is 1.83 bits per heavy atom. The SMILES string of the molecule is CC1C(=O)N(C)c2ccc(Nc3nccc(-c4ccccc4)n3)cc2N1C1CC1. The van der Waals surface area contributed by atoms with Crippen molar-refractivity contribution in [2.45, 2.75) is 31.8 Å². The van der Waals surface area contributed by atoms with Crippen LogP contribution in [0.5, 0.6) is 0 Å². The molecule has 5 rings (SSSR count). The second kappa shape index (κ2) is 6.88. The van der Waals surface area contributed by atoms with Crippen LogP contribution in [0.1, 0.15) is 19.8 Å². The lowest BCUT2D eigenvalue weighted by Gasteiger charge is -2.40. The molecular weight excluding hydrogens is 362 g/mol. The molecule has 1 amide bonds. The molecule has 0 bridgehead atoms. The first-order chi connectivity index (χ1) is 14.1. The van der Waals surface area contributed by atoms with Gasteiger partial charge in [0, 0.05) is 30.5 Å². The maximum Gasteiger partial charge on any atom is 0.249 e. The first-order valence-electron chi connectivity index (χ1n) is 9.97. The van der Waals surface area contributed by atoms with Crippen LogP contribution in [0.4, 0.5) is 23.0 Å². The highest BCUT2D eigenvalue weighted by Gasteiger charge is 2.41. The molecule has 1 aliphatic heterocycles. The van der Waals surface area contributed by atoms with Crippen LogP contribution in [0, 0.1) is 0 Å². The number of hydrogen-bond donors (Lipinski definition) is 1. The van der Waals surface area contributed by atoms with E-state index >= 15 is 0 Å². The smallest absolute Gasteiger partial charge is 0.249 e. The van der Waals surface area contributed by atoms with Crippen LogP contribution < -0.4 is 15.1 Å². The van der Waals surface area contributed by atoms with E-state index in [2.05, 4.69) is 26.3 Å². The average Bonchev–Trinajstić information content (AvgIpc) is 3.58. The molecule has 0 saturated heterocycles. The Morgan fingerprint density at radius 1 is 1.03 bits per heavy atom. The molecule has 1 aliphatic carbocycles. The standard InChI is InChI=1S/C23H23N5O/c1-15-22(29)27(2)20-11-8-17(14-21(20)28(15)18-9-10-18)25-23-24-13-12-19(26-23)16-6-4-3-5-7-16/h3-8,11-15,18H,9-10H2,1-2H3,(H,24,25,26). The van der Waals surface area contributed by atoms with Crippen molar-refractivity contribution in [1.82, 2.24) is 9.97 Å². The summed E-state index contributed by atoms with van der Waals surface area (Å²) in [6.45, 7) is 1.99. The fraction of sp³-hybridized carbons (Fsp3) is 0.261. The number of aromatic nitrogens is 2. The Morgan fingerprint density at radius 3 is 2.59 bits per heavy atom. The summed E-state index contributed by atoms with van der Waals surface area (Å²) in [6, 6.07) is 18.3. The van der Waals surface area contributed by atoms with E-state index in [9.17, 15) is 4.79 Å². The van der Waals surface area contributed by atoms with E-state index in [-0.39, 0.29) is 11.9 Å². The molecule has 6 nitrogen and oxygen atoms in total. The predicted molar refractivity (Wildman–Crippen MR) is 116 cm³/mol. The maximum atomic E-state index is 12.6. The lowest BCUT2D eigenvalue weighted by Crippen LogP contribution is -2.51. The molecule has 3 aromatic rings. The normalized spacial score (nSPS) is 18.6. The minimum absolute atomic E-state index is 0.143. The van der Waals surface area contributed by atoms with Gasteiger partial charge in [-0.1, -0.05) is 30.3 Å². The fourth-order valence-corrected chi connectivity index (χ4v) is 4.00. The van der Waals surface area contributed by atoms with Crippen LogP contribution >= 0.6 is 0 Å². The zero-order valence-electron chi connectivity index (χ0n) is 16.5. The van der Waals surface area contributed by atoms with E-state index in [0.717, 1.165) is 41.2 Å². The van der Waals surface area contributed by atoms with Crippen LogP contribution in [-0.2, 0) is 4.79 Å². The number of benzene rings is 2. The van der Waals surface area contributed by atoms with Crippen molar-refractivity contribution in [3.63, 3.8) is 0 Å². The third-order valence-electron chi connectivity index (χ3n) is 5.64. The number of rotatable bonds is 4. The zero-order chi connectivity index (χ0) is 20.0. The van der Waals surface area contributed by atoms with Crippen LogP contribution in [0.3, 0.4) is 0 Å². The summed E-state index contributed by atoms with van der Waals surface area (Å²) in [7, 11) is 1.85. The summed E-state index contributed by atoms with van der Waals surface area (Å²) in [5.41, 5.74) is 4.88. The number of amides is 1. The molecule has 6 heteroatoms. The summed E-state index contributed by atoms with van der Waals surface area (Å²) < 4.78 is 0. The van der Waals surface area contributed by atoms with Gasteiger partial charge in [0.2, 0.25) is 11.9 Å². The first kappa shape index (κ1) is 17.7.